The van der Waals surface area contributed by atoms with Gasteiger partial charge in [-0.25, -0.2) is 8.42 Å². The zero-order valence-corrected chi connectivity index (χ0v) is 17.5. The van der Waals surface area contributed by atoms with Gasteiger partial charge in [-0.3, -0.25) is 4.79 Å². The summed E-state index contributed by atoms with van der Waals surface area (Å²) < 4.78 is 26.0. The highest BCUT2D eigenvalue weighted by molar-refractivity contribution is 7.99. The highest BCUT2D eigenvalue weighted by Crippen LogP contribution is 2.40. The highest BCUT2D eigenvalue weighted by Gasteiger charge is 2.39. The van der Waals surface area contributed by atoms with E-state index in [1.165, 1.54) is 24.6 Å². The van der Waals surface area contributed by atoms with Crippen LogP contribution in [-0.2, 0) is 21.2 Å². The largest absolute Gasteiger partial charge is 0.335 e. The lowest BCUT2D eigenvalue weighted by atomic mass is 10.1. The molecule has 0 N–H and O–H groups in total. The molecule has 0 bridgehead atoms. The van der Waals surface area contributed by atoms with Crippen LogP contribution in [0.15, 0.2) is 5.16 Å². The lowest BCUT2D eigenvalue weighted by molar-refractivity contribution is -0.132. The first kappa shape index (κ1) is 19.2. The maximum atomic E-state index is 13.1. The molecule has 4 rings (SSSR count). The highest BCUT2D eigenvalue weighted by atomic mass is 32.2. The number of aromatic nitrogens is 3. The van der Waals surface area contributed by atoms with Crippen molar-refractivity contribution in [2.24, 2.45) is 0 Å². The van der Waals surface area contributed by atoms with Crippen LogP contribution in [0.2, 0.25) is 0 Å². The van der Waals surface area contributed by atoms with Crippen LogP contribution in [0.5, 0.6) is 0 Å². The second-order valence-electron chi connectivity index (χ2n) is 7.94. The molecule has 27 heavy (non-hydrogen) atoms. The Labute approximate surface area is 165 Å². The molecule has 0 radical (unpaired) electrons. The van der Waals surface area contributed by atoms with E-state index in [1.807, 2.05) is 4.90 Å². The van der Waals surface area contributed by atoms with Gasteiger partial charge in [-0.15, -0.1) is 10.2 Å². The summed E-state index contributed by atoms with van der Waals surface area (Å²) in [6.45, 7) is 2.89. The van der Waals surface area contributed by atoms with Gasteiger partial charge >= 0.3 is 0 Å². The van der Waals surface area contributed by atoms with E-state index in [-0.39, 0.29) is 29.5 Å². The molecule has 9 heteroatoms. The minimum absolute atomic E-state index is 0.0487. The zero-order chi connectivity index (χ0) is 19.0. The smallest absolute Gasteiger partial charge is 0.233 e. The average molecular weight is 413 g/mol. The number of hydrogen-bond acceptors (Lipinski definition) is 6. The Morgan fingerprint density at radius 1 is 1.15 bits per heavy atom. The van der Waals surface area contributed by atoms with E-state index >= 15 is 0 Å². The Hall–Kier alpha value is -1.09. The van der Waals surface area contributed by atoms with Gasteiger partial charge in [0.05, 0.1) is 17.3 Å². The van der Waals surface area contributed by atoms with Crippen molar-refractivity contribution in [2.45, 2.75) is 81.6 Å². The fraction of sp³-hybridized carbons (Fsp3) is 0.833. The van der Waals surface area contributed by atoms with E-state index < -0.39 is 9.84 Å². The number of carbonyl (C=O) groups is 1. The molecule has 3 aliphatic rings. The first-order valence-electron chi connectivity index (χ1n) is 10.1. The van der Waals surface area contributed by atoms with Crippen molar-refractivity contribution in [3.8, 4) is 0 Å². The summed E-state index contributed by atoms with van der Waals surface area (Å²) in [5, 5.41) is 9.44. The van der Waals surface area contributed by atoms with E-state index in [4.69, 9.17) is 0 Å². The van der Waals surface area contributed by atoms with Gasteiger partial charge in [-0.2, -0.15) is 0 Å². The fourth-order valence-electron chi connectivity index (χ4n) is 4.43. The SMILES string of the molecule is CCn1c(SCC(=O)N(C2CCCC2)[C@H]2CCS(=O)(=O)C2)nnc1C1CC1. The summed E-state index contributed by atoms with van der Waals surface area (Å²) in [6, 6.07) is 0.0414. The molecule has 0 aromatic carbocycles. The van der Waals surface area contributed by atoms with Gasteiger partial charge in [0, 0.05) is 24.5 Å². The van der Waals surface area contributed by atoms with Gasteiger partial charge < -0.3 is 9.47 Å². The average Bonchev–Trinajstić information content (AvgIpc) is 3.04. The predicted molar refractivity (Wildman–Crippen MR) is 105 cm³/mol. The van der Waals surface area contributed by atoms with Crippen LogP contribution in [0, 0.1) is 0 Å². The maximum Gasteiger partial charge on any atom is 0.233 e. The maximum absolute atomic E-state index is 13.1. The van der Waals surface area contributed by atoms with Crippen molar-refractivity contribution in [1.82, 2.24) is 19.7 Å². The van der Waals surface area contributed by atoms with Crippen LogP contribution >= 0.6 is 11.8 Å². The minimum Gasteiger partial charge on any atom is -0.335 e. The standard InChI is InChI=1S/C18H28N4O3S2/c1-2-21-17(13-7-8-13)19-20-18(21)26-11-16(23)22(14-5-3-4-6-14)15-9-10-27(24,25)12-15/h13-15H,2-12H2,1H3/t15-/m0/s1. The van der Waals surface area contributed by atoms with Crippen LogP contribution < -0.4 is 0 Å². The third-order valence-corrected chi connectivity index (χ3v) is 8.64. The van der Waals surface area contributed by atoms with Crippen molar-refractivity contribution >= 4 is 27.5 Å². The number of carbonyl (C=O) groups excluding carboxylic acids is 1. The topological polar surface area (TPSA) is 85.2 Å². The minimum atomic E-state index is -3.01. The van der Waals surface area contributed by atoms with E-state index in [2.05, 4.69) is 21.7 Å². The summed E-state index contributed by atoms with van der Waals surface area (Å²) in [5.74, 6) is 2.25. The lowest BCUT2D eigenvalue weighted by Gasteiger charge is -2.34. The molecule has 1 aromatic heterocycles. The molecule has 150 valence electrons. The van der Waals surface area contributed by atoms with Gasteiger partial charge in [-0.1, -0.05) is 24.6 Å². The second kappa shape index (κ2) is 7.73. The van der Waals surface area contributed by atoms with Crippen LogP contribution in [0.25, 0.3) is 0 Å². The van der Waals surface area contributed by atoms with E-state index in [0.29, 0.717) is 18.1 Å². The zero-order valence-electron chi connectivity index (χ0n) is 15.8. The summed E-state index contributed by atoms with van der Waals surface area (Å²) in [5.41, 5.74) is 0. The predicted octanol–water partition coefficient (Wildman–Crippen LogP) is 2.23. The lowest BCUT2D eigenvalue weighted by Crippen LogP contribution is -2.47. The molecule has 2 aliphatic carbocycles. The first-order chi connectivity index (χ1) is 13.0. The fourth-order valence-corrected chi connectivity index (χ4v) is 7.02. The van der Waals surface area contributed by atoms with Crippen LogP contribution in [-0.4, -0.2) is 63.3 Å². The van der Waals surface area contributed by atoms with Crippen molar-refractivity contribution in [1.29, 1.82) is 0 Å². The summed E-state index contributed by atoms with van der Waals surface area (Å²) in [7, 11) is -3.01. The van der Waals surface area contributed by atoms with E-state index in [0.717, 1.165) is 43.2 Å². The number of nitrogens with zero attached hydrogens (tertiary/aromatic N) is 4. The van der Waals surface area contributed by atoms with Gasteiger partial charge in [-0.05, 0) is 39.0 Å². The molecule has 3 fully saturated rings. The molecule has 2 saturated carbocycles. The second-order valence-corrected chi connectivity index (χ2v) is 11.1. The molecule has 1 amide bonds. The number of sulfone groups is 1. The molecule has 1 aromatic rings. The van der Waals surface area contributed by atoms with Crippen LogP contribution in [0.3, 0.4) is 0 Å². The van der Waals surface area contributed by atoms with Crippen molar-refractivity contribution in [3.63, 3.8) is 0 Å². The van der Waals surface area contributed by atoms with Crippen LogP contribution in [0.1, 0.15) is 63.6 Å². The van der Waals surface area contributed by atoms with Gasteiger partial charge in [0.25, 0.3) is 0 Å². The van der Waals surface area contributed by atoms with Crippen molar-refractivity contribution in [3.05, 3.63) is 5.82 Å². The molecule has 1 aliphatic heterocycles. The molecule has 1 atom stereocenters. The Balaban J connectivity index is 1.45. The Kier molecular flexibility index (Phi) is 5.51. The molecular weight excluding hydrogens is 384 g/mol. The Bertz CT molecular complexity index is 798. The summed E-state index contributed by atoms with van der Waals surface area (Å²) >= 11 is 1.44. The molecular formula is C18H28N4O3S2. The molecule has 0 unspecified atom stereocenters. The Morgan fingerprint density at radius 2 is 1.89 bits per heavy atom. The molecule has 0 spiro atoms. The molecule has 2 heterocycles. The van der Waals surface area contributed by atoms with Gasteiger partial charge in [0.1, 0.15) is 5.82 Å². The quantitative estimate of drug-likeness (QED) is 0.639. The monoisotopic (exact) mass is 412 g/mol. The van der Waals surface area contributed by atoms with Crippen molar-refractivity contribution < 1.29 is 13.2 Å². The number of amides is 1. The third kappa shape index (κ3) is 4.18. The van der Waals surface area contributed by atoms with Crippen LogP contribution in [0.4, 0.5) is 0 Å². The number of hydrogen-bond donors (Lipinski definition) is 0. The van der Waals surface area contributed by atoms with Gasteiger partial charge in [0.15, 0.2) is 15.0 Å². The normalized spacial score (nSPS) is 25.1. The van der Waals surface area contributed by atoms with Gasteiger partial charge in [0.2, 0.25) is 5.91 Å². The molecule has 7 nitrogen and oxygen atoms in total. The van der Waals surface area contributed by atoms with Crippen molar-refractivity contribution in [2.75, 3.05) is 17.3 Å². The van der Waals surface area contributed by atoms with E-state index in [1.54, 1.807) is 0 Å². The summed E-state index contributed by atoms with van der Waals surface area (Å²) in [4.78, 5) is 15.0. The number of rotatable bonds is 7. The first-order valence-corrected chi connectivity index (χ1v) is 12.9. The number of thioether (sulfide) groups is 1. The Morgan fingerprint density at radius 3 is 2.48 bits per heavy atom. The van der Waals surface area contributed by atoms with E-state index in [9.17, 15) is 13.2 Å². The summed E-state index contributed by atoms with van der Waals surface area (Å²) in [6.07, 6.45) is 7.15. The molecule has 1 saturated heterocycles. The third-order valence-electron chi connectivity index (χ3n) is 5.94.